The molecule has 0 aliphatic carbocycles. The minimum atomic E-state index is -1.26. The minimum Gasteiger partial charge on any atom is -0.487 e. The predicted molar refractivity (Wildman–Crippen MR) is 110 cm³/mol. The van der Waals surface area contributed by atoms with Crippen molar-refractivity contribution >= 4 is 11.9 Å². The molecule has 0 radical (unpaired) electrons. The van der Waals surface area contributed by atoms with Crippen LogP contribution in [-0.2, 0) is 9.59 Å². The van der Waals surface area contributed by atoms with Gasteiger partial charge < -0.3 is 25.3 Å². The Bertz CT molecular complexity index is 827. The fraction of sp³-hybridized carbons (Fsp3) is 0.273. The Morgan fingerprint density at radius 3 is 2.17 bits per heavy atom. The lowest BCUT2D eigenvalue weighted by Crippen LogP contribution is -2.42. The Hall–Kier alpha value is -3.23. The molecule has 1 fully saturated rings. The molecule has 1 saturated heterocycles. The second-order valence-corrected chi connectivity index (χ2v) is 6.66. The summed E-state index contributed by atoms with van der Waals surface area (Å²) in [7, 11) is 2.12. The number of benzene rings is 2. The van der Waals surface area contributed by atoms with E-state index in [1.165, 1.54) is 11.6 Å². The molecule has 2 aromatic rings. The van der Waals surface area contributed by atoms with Gasteiger partial charge in [0.25, 0.3) is 0 Å². The van der Waals surface area contributed by atoms with Gasteiger partial charge in [-0.05, 0) is 31.2 Å². The first-order valence-corrected chi connectivity index (χ1v) is 9.15. The number of carboxylic acids is 2. The van der Waals surface area contributed by atoms with Crippen molar-refractivity contribution in [3.8, 4) is 5.75 Å². The monoisotopic (exact) mass is 419 g/mol. The summed E-state index contributed by atoms with van der Waals surface area (Å²) < 4.78 is 19.8. The molecule has 8 heteroatoms. The topological polar surface area (TPSA) is 119 Å². The fourth-order valence-corrected chi connectivity index (χ4v) is 3.10. The van der Waals surface area contributed by atoms with E-state index in [4.69, 9.17) is 14.9 Å². The second kappa shape index (κ2) is 12.4. The molecule has 4 N–H and O–H groups in total. The van der Waals surface area contributed by atoms with Gasteiger partial charge in [-0.15, -0.1) is 0 Å². The lowest BCUT2D eigenvalue weighted by atomic mass is 9.88. The molecule has 1 aliphatic heterocycles. The first kappa shape index (κ1) is 24.8. The summed E-state index contributed by atoms with van der Waals surface area (Å²) in [6.07, 6.45) is 2.04. The molecule has 3 rings (SSSR count). The van der Waals surface area contributed by atoms with E-state index in [0.717, 1.165) is 19.5 Å². The summed E-state index contributed by atoms with van der Waals surface area (Å²) in [5.74, 6) is -2.18. The van der Waals surface area contributed by atoms with Crippen LogP contribution >= 0.6 is 0 Å². The van der Waals surface area contributed by atoms with Crippen LogP contribution in [0.2, 0.25) is 0 Å². The zero-order valence-corrected chi connectivity index (χ0v) is 16.6. The molecule has 162 valence electrons. The Balaban J connectivity index is 0.000000431. The quantitative estimate of drug-likeness (QED) is 0.719. The van der Waals surface area contributed by atoms with Crippen molar-refractivity contribution in [2.45, 2.75) is 18.4 Å². The van der Waals surface area contributed by atoms with Crippen LogP contribution in [0, 0.1) is 5.82 Å². The number of hydrogen-bond acceptors (Lipinski definition) is 4. The van der Waals surface area contributed by atoms with Crippen molar-refractivity contribution in [1.29, 1.82) is 0 Å². The fourth-order valence-electron chi connectivity index (χ4n) is 3.10. The molecule has 1 heterocycles. The SMILES string of the molecule is CN1CC[C@H](Oc2ccccc2F)[C@@H](c2ccccc2)C1.O.O=C(O)/C=C/C(=O)O. The minimum absolute atomic E-state index is 0. The highest BCUT2D eigenvalue weighted by atomic mass is 19.1. The summed E-state index contributed by atoms with van der Waals surface area (Å²) in [4.78, 5) is 21.4. The van der Waals surface area contributed by atoms with Crippen LogP contribution in [0.25, 0.3) is 0 Å². The third-order valence-corrected chi connectivity index (χ3v) is 4.46. The number of piperidine rings is 1. The largest absolute Gasteiger partial charge is 0.487 e. The zero-order chi connectivity index (χ0) is 21.2. The van der Waals surface area contributed by atoms with Gasteiger partial charge in [0.05, 0.1) is 0 Å². The molecule has 0 amide bonds. The number of hydrogen-bond donors (Lipinski definition) is 2. The second-order valence-electron chi connectivity index (χ2n) is 6.66. The Labute approximate surface area is 174 Å². The van der Waals surface area contributed by atoms with Gasteiger partial charge in [-0.1, -0.05) is 42.5 Å². The van der Waals surface area contributed by atoms with Gasteiger partial charge in [0.15, 0.2) is 11.6 Å². The van der Waals surface area contributed by atoms with Gasteiger partial charge >= 0.3 is 11.9 Å². The predicted octanol–water partition coefficient (Wildman–Crippen LogP) is 2.58. The summed E-state index contributed by atoms with van der Waals surface area (Å²) in [6, 6.07) is 17.0. The number of likely N-dealkylation sites (tertiary alicyclic amines) is 1. The van der Waals surface area contributed by atoms with Gasteiger partial charge in [0.2, 0.25) is 0 Å². The molecule has 0 aromatic heterocycles. The van der Waals surface area contributed by atoms with Crippen molar-refractivity contribution < 1.29 is 34.4 Å². The van der Waals surface area contributed by atoms with Crippen molar-refractivity contribution in [3.05, 3.63) is 78.1 Å². The van der Waals surface area contributed by atoms with E-state index in [9.17, 15) is 14.0 Å². The van der Waals surface area contributed by atoms with E-state index in [1.54, 1.807) is 12.1 Å². The van der Waals surface area contributed by atoms with Gasteiger partial charge in [-0.3, -0.25) is 0 Å². The number of halogens is 1. The molecule has 7 nitrogen and oxygen atoms in total. The molecule has 0 spiro atoms. The smallest absolute Gasteiger partial charge is 0.328 e. The molecule has 0 bridgehead atoms. The first-order valence-electron chi connectivity index (χ1n) is 9.15. The van der Waals surface area contributed by atoms with E-state index < -0.39 is 11.9 Å². The van der Waals surface area contributed by atoms with Crippen molar-refractivity contribution in [2.24, 2.45) is 0 Å². The molecular weight excluding hydrogens is 393 g/mol. The third-order valence-electron chi connectivity index (χ3n) is 4.46. The number of likely N-dealkylation sites (N-methyl/N-ethyl adjacent to an activating group) is 1. The van der Waals surface area contributed by atoms with Crippen molar-refractivity contribution in [3.63, 3.8) is 0 Å². The van der Waals surface area contributed by atoms with Crippen LogP contribution < -0.4 is 4.74 Å². The van der Waals surface area contributed by atoms with Crippen LogP contribution in [0.3, 0.4) is 0 Å². The number of aliphatic carboxylic acids is 2. The average Bonchev–Trinajstić information content (AvgIpc) is 2.70. The summed E-state index contributed by atoms with van der Waals surface area (Å²) in [5.41, 5.74) is 1.25. The Morgan fingerprint density at radius 2 is 1.60 bits per heavy atom. The average molecular weight is 419 g/mol. The van der Waals surface area contributed by atoms with E-state index in [-0.39, 0.29) is 23.3 Å². The number of carboxylic acid groups (broad SMARTS) is 2. The van der Waals surface area contributed by atoms with Gasteiger partial charge in [-0.25, -0.2) is 14.0 Å². The molecule has 0 unspecified atom stereocenters. The zero-order valence-electron chi connectivity index (χ0n) is 16.6. The highest BCUT2D eigenvalue weighted by Crippen LogP contribution is 2.31. The van der Waals surface area contributed by atoms with Crippen molar-refractivity contribution in [1.82, 2.24) is 4.90 Å². The molecular formula is C22H26FNO6. The summed E-state index contributed by atoms with van der Waals surface area (Å²) >= 11 is 0. The first-order chi connectivity index (χ1) is 13.9. The number of rotatable bonds is 5. The van der Waals surface area contributed by atoms with E-state index in [2.05, 4.69) is 24.1 Å². The molecule has 2 aromatic carbocycles. The van der Waals surface area contributed by atoms with Crippen molar-refractivity contribution in [2.75, 3.05) is 20.1 Å². The molecule has 0 saturated carbocycles. The number of nitrogens with zero attached hydrogens (tertiary/aromatic N) is 1. The molecule has 30 heavy (non-hydrogen) atoms. The molecule has 2 atom stereocenters. The maximum Gasteiger partial charge on any atom is 0.328 e. The van der Waals surface area contributed by atoms with Gasteiger partial charge in [0, 0.05) is 31.2 Å². The number of carbonyl (C=O) groups is 2. The van der Waals surface area contributed by atoms with Crippen LogP contribution in [-0.4, -0.2) is 58.8 Å². The standard InChI is InChI=1S/C18H20FNO.C4H4O4.H2O/c1-20-12-11-17(21-18-10-6-5-9-16(18)19)15(13-20)14-7-3-2-4-8-14;5-3(6)1-2-4(7)8;/h2-10,15,17H,11-13H2,1H3;1-2H,(H,5,6)(H,7,8);1H2/b;2-1+;/t15-,17+;;/m1../s1. The van der Waals surface area contributed by atoms with Gasteiger partial charge in [-0.2, -0.15) is 0 Å². The highest BCUT2D eigenvalue weighted by molar-refractivity contribution is 5.89. The van der Waals surface area contributed by atoms with E-state index >= 15 is 0 Å². The lowest BCUT2D eigenvalue weighted by molar-refractivity contribution is -0.134. The van der Waals surface area contributed by atoms with Crippen LogP contribution in [0.1, 0.15) is 17.9 Å². The third kappa shape index (κ3) is 8.02. The number of ether oxygens (including phenoxy) is 1. The maximum absolute atomic E-state index is 13.8. The number of para-hydroxylation sites is 1. The van der Waals surface area contributed by atoms with E-state index in [0.29, 0.717) is 17.9 Å². The highest BCUT2D eigenvalue weighted by Gasteiger charge is 2.31. The molecule has 1 aliphatic rings. The lowest BCUT2D eigenvalue weighted by Gasteiger charge is -2.37. The Kier molecular flexibility index (Phi) is 10.2. The van der Waals surface area contributed by atoms with Gasteiger partial charge in [0.1, 0.15) is 6.10 Å². The van der Waals surface area contributed by atoms with E-state index in [1.807, 2.05) is 24.3 Å². The van der Waals surface area contributed by atoms with Crippen LogP contribution in [0.5, 0.6) is 5.75 Å². The summed E-state index contributed by atoms with van der Waals surface area (Å²) in [6.45, 7) is 1.91. The maximum atomic E-state index is 13.8. The normalized spacial score (nSPS) is 18.6. The van der Waals surface area contributed by atoms with Crippen LogP contribution in [0.15, 0.2) is 66.7 Å². The Morgan fingerprint density at radius 1 is 1.03 bits per heavy atom. The summed E-state index contributed by atoms with van der Waals surface area (Å²) in [5, 5.41) is 15.6. The van der Waals surface area contributed by atoms with Crippen LogP contribution in [0.4, 0.5) is 4.39 Å².